The zero-order chi connectivity index (χ0) is 13.5. The summed E-state index contributed by atoms with van der Waals surface area (Å²) >= 11 is 5.44. The van der Waals surface area contributed by atoms with Gasteiger partial charge >= 0.3 is 0 Å². The van der Waals surface area contributed by atoms with Crippen molar-refractivity contribution in [1.82, 2.24) is 15.1 Å². The highest BCUT2D eigenvalue weighted by molar-refractivity contribution is 7.80. The summed E-state index contributed by atoms with van der Waals surface area (Å²) in [6.07, 6.45) is 1.01. The number of rotatable bonds is 6. The number of nitrogens with zero attached hydrogens (tertiary/aromatic N) is 2. The summed E-state index contributed by atoms with van der Waals surface area (Å²) < 4.78 is 5.30. The molecule has 0 radical (unpaired) electrons. The number of thiocarbonyl (C=S) groups is 1. The molecule has 0 aromatic heterocycles. The number of likely N-dealkylation sites (N-methyl/N-ethyl adjacent to an activating group) is 1. The van der Waals surface area contributed by atoms with Crippen LogP contribution in [0.1, 0.15) is 20.3 Å². The van der Waals surface area contributed by atoms with Crippen LogP contribution in [0.4, 0.5) is 0 Å². The second kappa shape index (κ2) is 7.92. The highest BCUT2D eigenvalue weighted by Crippen LogP contribution is 2.19. The molecule has 0 amide bonds. The third-order valence-electron chi connectivity index (χ3n) is 3.47. The van der Waals surface area contributed by atoms with E-state index in [-0.39, 0.29) is 0 Å². The monoisotopic (exact) mass is 273 g/mol. The molecule has 106 valence electrons. The second-order valence-corrected chi connectivity index (χ2v) is 5.58. The number of likely N-dealkylation sites (tertiary alicyclic amines) is 1. The Morgan fingerprint density at radius 2 is 2.17 bits per heavy atom. The van der Waals surface area contributed by atoms with Gasteiger partial charge in [0.2, 0.25) is 0 Å². The molecule has 1 aliphatic heterocycles. The van der Waals surface area contributed by atoms with E-state index in [9.17, 15) is 0 Å². The topological polar surface area (TPSA) is 27.7 Å². The summed E-state index contributed by atoms with van der Waals surface area (Å²) in [5.41, 5.74) is 0. The van der Waals surface area contributed by atoms with Crippen LogP contribution in [0.5, 0.6) is 0 Å². The van der Waals surface area contributed by atoms with Gasteiger partial charge in [-0.15, -0.1) is 0 Å². The van der Waals surface area contributed by atoms with E-state index in [0.29, 0.717) is 12.0 Å². The van der Waals surface area contributed by atoms with E-state index in [2.05, 4.69) is 36.1 Å². The zero-order valence-corrected chi connectivity index (χ0v) is 12.9. The zero-order valence-electron chi connectivity index (χ0n) is 12.1. The van der Waals surface area contributed by atoms with Gasteiger partial charge in [-0.05, 0) is 45.6 Å². The van der Waals surface area contributed by atoms with E-state index in [1.807, 2.05) is 6.92 Å². The van der Waals surface area contributed by atoms with Gasteiger partial charge in [0.05, 0.1) is 0 Å². The first-order chi connectivity index (χ1) is 8.56. The Balaban J connectivity index is 2.23. The Morgan fingerprint density at radius 1 is 1.44 bits per heavy atom. The van der Waals surface area contributed by atoms with Crippen LogP contribution >= 0.6 is 12.2 Å². The first-order valence-corrected chi connectivity index (χ1v) is 7.24. The van der Waals surface area contributed by atoms with Gasteiger partial charge in [-0.1, -0.05) is 6.92 Å². The fourth-order valence-corrected chi connectivity index (χ4v) is 2.66. The molecule has 0 aromatic rings. The van der Waals surface area contributed by atoms with Gasteiger partial charge in [0.15, 0.2) is 5.11 Å². The van der Waals surface area contributed by atoms with Gasteiger partial charge in [-0.2, -0.15) is 0 Å². The van der Waals surface area contributed by atoms with Crippen LogP contribution in [0.25, 0.3) is 0 Å². The molecule has 0 aromatic carbocycles. The third kappa shape index (κ3) is 4.71. The fourth-order valence-electron chi connectivity index (χ4n) is 2.41. The molecule has 1 rings (SSSR count). The Labute approximate surface area is 117 Å². The summed E-state index contributed by atoms with van der Waals surface area (Å²) in [6.45, 7) is 8.90. The lowest BCUT2D eigenvalue weighted by molar-refractivity contribution is 0.145. The van der Waals surface area contributed by atoms with E-state index in [1.165, 1.54) is 0 Å². The molecule has 0 aliphatic carbocycles. The van der Waals surface area contributed by atoms with Crippen LogP contribution in [-0.4, -0.2) is 67.9 Å². The molecule has 18 heavy (non-hydrogen) atoms. The SMILES string of the molecule is CCOCCCNC(=S)N1CC(C)C(N(C)C)C1. The van der Waals surface area contributed by atoms with Crippen molar-refractivity contribution in [2.75, 3.05) is 46.9 Å². The molecule has 0 bridgehead atoms. The van der Waals surface area contributed by atoms with E-state index in [4.69, 9.17) is 17.0 Å². The van der Waals surface area contributed by atoms with Crippen molar-refractivity contribution in [2.24, 2.45) is 5.92 Å². The summed E-state index contributed by atoms with van der Waals surface area (Å²) in [7, 11) is 4.28. The standard InChI is InChI=1S/C13H27N3OS/c1-5-17-8-6-7-14-13(18)16-9-11(2)12(10-16)15(3)4/h11-12H,5-10H2,1-4H3,(H,14,18). The average Bonchev–Trinajstić information content (AvgIpc) is 2.71. The third-order valence-corrected chi connectivity index (χ3v) is 3.87. The fraction of sp³-hybridized carbons (Fsp3) is 0.923. The van der Waals surface area contributed by atoms with Crippen LogP contribution < -0.4 is 5.32 Å². The number of ether oxygens (including phenoxy) is 1. The van der Waals surface area contributed by atoms with Gasteiger partial charge in [-0.3, -0.25) is 0 Å². The number of hydrogen-bond donors (Lipinski definition) is 1. The molecular weight excluding hydrogens is 246 g/mol. The van der Waals surface area contributed by atoms with E-state index >= 15 is 0 Å². The normalized spacial score (nSPS) is 23.7. The molecule has 1 heterocycles. The van der Waals surface area contributed by atoms with Crippen LogP contribution in [0, 0.1) is 5.92 Å². The van der Waals surface area contributed by atoms with Gasteiger partial charge in [0.1, 0.15) is 0 Å². The average molecular weight is 273 g/mol. The predicted molar refractivity (Wildman–Crippen MR) is 79.9 cm³/mol. The van der Waals surface area contributed by atoms with E-state index in [0.717, 1.165) is 44.4 Å². The van der Waals surface area contributed by atoms with Crippen LogP contribution in [0.15, 0.2) is 0 Å². The minimum atomic E-state index is 0.605. The van der Waals surface area contributed by atoms with Gasteiger partial charge in [-0.25, -0.2) is 0 Å². The lowest BCUT2D eigenvalue weighted by Gasteiger charge is -2.23. The lowest BCUT2D eigenvalue weighted by Crippen LogP contribution is -2.41. The molecule has 0 spiro atoms. The molecule has 1 fully saturated rings. The van der Waals surface area contributed by atoms with Crippen molar-refractivity contribution in [1.29, 1.82) is 0 Å². The summed E-state index contributed by atoms with van der Waals surface area (Å²) in [6, 6.07) is 0.605. The first kappa shape index (κ1) is 15.7. The van der Waals surface area contributed by atoms with Crippen LogP contribution in [-0.2, 0) is 4.74 Å². The quantitative estimate of drug-likeness (QED) is 0.579. The number of nitrogens with one attached hydrogen (secondary N) is 1. The second-order valence-electron chi connectivity index (χ2n) is 5.20. The van der Waals surface area contributed by atoms with Crippen molar-refractivity contribution in [3.8, 4) is 0 Å². The largest absolute Gasteiger partial charge is 0.382 e. The Hall–Kier alpha value is -0.390. The van der Waals surface area contributed by atoms with Crippen molar-refractivity contribution in [3.05, 3.63) is 0 Å². The highest BCUT2D eigenvalue weighted by atomic mass is 32.1. The summed E-state index contributed by atoms with van der Waals surface area (Å²) in [5.74, 6) is 0.670. The van der Waals surface area contributed by atoms with Crippen molar-refractivity contribution >= 4 is 17.3 Å². The smallest absolute Gasteiger partial charge is 0.168 e. The molecule has 1 saturated heterocycles. The highest BCUT2D eigenvalue weighted by Gasteiger charge is 2.31. The Morgan fingerprint density at radius 3 is 2.72 bits per heavy atom. The minimum absolute atomic E-state index is 0.605. The van der Waals surface area contributed by atoms with E-state index in [1.54, 1.807) is 0 Å². The molecule has 2 unspecified atom stereocenters. The van der Waals surface area contributed by atoms with Crippen molar-refractivity contribution in [2.45, 2.75) is 26.3 Å². The maximum absolute atomic E-state index is 5.44. The lowest BCUT2D eigenvalue weighted by atomic mass is 10.1. The molecule has 1 N–H and O–H groups in total. The van der Waals surface area contributed by atoms with Crippen molar-refractivity contribution in [3.63, 3.8) is 0 Å². The van der Waals surface area contributed by atoms with Crippen LogP contribution in [0.3, 0.4) is 0 Å². The first-order valence-electron chi connectivity index (χ1n) is 6.83. The number of hydrogen-bond acceptors (Lipinski definition) is 3. The minimum Gasteiger partial charge on any atom is -0.382 e. The Kier molecular flexibility index (Phi) is 6.89. The van der Waals surface area contributed by atoms with E-state index < -0.39 is 0 Å². The molecule has 2 atom stereocenters. The van der Waals surface area contributed by atoms with Gasteiger partial charge < -0.3 is 19.9 Å². The molecule has 5 heteroatoms. The molecule has 1 aliphatic rings. The maximum Gasteiger partial charge on any atom is 0.168 e. The predicted octanol–water partition coefficient (Wildman–Crippen LogP) is 1.17. The van der Waals surface area contributed by atoms with Crippen LogP contribution in [0.2, 0.25) is 0 Å². The maximum atomic E-state index is 5.44. The molecular formula is C13H27N3OS. The van der Waals surface area contributed by atoms with Gasteiger partial charge in [0.25, 0.3) is 0 Å². The summed E-state index contributed by atoms with van der Waals surface area (Å²) in [4.78, 5) is 4.58. The summed E-state index contributed by atoms with van der Waals surface area (Å²) in [5, 5.41) is 4.21. The van der Waals surface area contributed by atoms with Gasteiger partial charge in [0, 0.05) is 38.9 Å². The molecule has 0 saturated carbocycles. The van der Waals surface area contributed by atoms with Crippen molar-refractivity contribution < 1.29 is 4.74 Å². The molecule has 4 nitrogen and oxygen atoms in total. The Bertz CT molecular complexity index is 261.